The maximum Gasteiger partial charge on any atom is 0.227 e. The molecular weight excluding hydrogens is 425 g/mol. The summed E-state index contributed by atoms with van der Waals surface area (Å²) >= 11 is 0. The predicted octanol–water partition coefficient (Wildman–Crippen LogP) is 9.13. The number of rotatable bonds is 12. The van der Waals surface area contributed by atoms with E-state index in [1.165, 1.54) is 51.0 Å². The predicted molar refractivity (Wildman–Crippen MR) is 138 cm³/mol. The van der Waals surface area contributed by atoms with Gasteiger partial charge in [0.2, 0.25) is 5.89 Å². The number of ether oxygens (including phenoxy) is 1. The van der Waals surface area contributed by atoms with Crippen molar-refractivity contribution in [2.75, 3.05) is 6.61 Å². The number of halogens is 1. The van der Waals surface area contributed by atoms with Crippen molar-refractivity contribution in [2.45, 2.75) is 65.2 Å². The van der Waals surface area contributed by atoms with Gasteiger partial charge >= 0.3 is 0 Å². The first-order valence-corrected chi connectivity index (χ1v) is 12.5. The molecule has 4 aromatic rings. The van der Waals surface area contributed by atoms with E-state index >= 15 is 0 Å². The molecule has 0 bridgehead atoms. The van der Waals surface area contributed by atoms with Crippen LogP contribution in [-0.2, 0) is 0 Å². The minimum Gasteiger partial charge on any atom is -0.494 e. The van der Waals surface area contributed by atoms with E-state index in [9.17, 15) is 4.39 Å². The van der Waals surface area contributed by atoms with E-state index in [0.29, 0.717) is 22.6 Å². The molecule has 1 heterocycles. The lowest BCUT2D eigenvalue weighted by atomic mass is 10.0. The van der Waals surface area contributed by atoms with Crippen LogP contribution in [0.15, 0.2) is 65.1 Å². The Kier molecular flexibility index (Phi) is 8.35. The normalized spacial score (nSPS) is 11.3. The van der Waals surface area contributed by atoms with Crippen molar-refractivity contribution in [1.82, 2.24) is 4.98 Å². The van der Waals surface area contributed by atoms with Gasteiger partial charge in [0.25, 0.3) is 0 Å². The van der Waals surface area contributed by atoms with Gasteiger partial charge in [-0.15, -0.1) is 0 Å². The van der Waals surface area contributed by atoms with Crippen molar-refractivity contribution in [1.29, 1.82) is 0 Å². The smallest absolute Gasteiger partial charge is 0.227 e. The Morgan fingerprint density at radius 1 is 0.794 bits per heavy atom. The molecule has 0 atom stereocenters. The van der Waals surface area contributed by atoms with Gasteiger partial charge in [-0.1, -0.05) is 76.1 Å². The number of aryl methyl sites for hydroxylation is 1. The first-order chi connectivity index (χ1) is 16.6. The molecule has 178 valence electrons. The minimum atomic E-state index is -0.302. The molecule has 1 aromatic heterocycles. The van der Waals surface area contributed by atoms with Crippen molar-refractivity contribution in [3.05, 3.63) is 72.0 Å². The van der Waals surface area contributed by atoms with E-state index in [0.717, 1.165) is 35.4 Å². The molecule has 34 heavy (non-hydrogen) atoms. The molecule has 0 N–H and O–H groups in total. The van der Waals surface area contributed by atoms with Gasteiger partial charge in [0, 0.05) is 11.1 Å². The number of oxazole rings is 1. The van der Waals surface area contributed by atoms with Gasteiger partial charge in [-0.2, -0.15) is 0 Å². The van der Waals surface area contributed by atoms with Gasteiger partial charge in [-0.05, 0) is 60.9 Å². The van der Waals surface area contributed by atoms with Crippen LogP contribution in [0.3, 0.4) is 0 Å². The lowest BCUT2D eigenvalue weighted by Crippen LogP contribution is -1.97. The summed E-state index contributed by atoms with van der Waals surface area (Å²) in [5.41, 5.74) is 4.58. The molecule has 0 aliphatic rings. The van der Waals surface area contributed by atoms with Crippen LogP contribution in [-0.4, -0.2) is 11.6 Å². The van der Waals surface area contributed by atoms with Crippen molar-refractivity contribution in [3.8, 4) is 28.3 Å². The largest absolute Gasteiger partial charge is 0.494 e. The molecular formula is C30H34FNO2. The lowest BCUT2D eigenvalue weighted by molar-refractivity contribution is 0.304. The zero-order valence-electron chi connectivity index (χ0n) is 20.3. The molecule has 0 aliphatic heterocycles. The van der Waals surface area contributed by atoms with Gasteiger partial charge in [0.1, 0.15) is 17.1 Å². The Bertz CT molecular complexity index is 1200. The van der Waals surface area contributed by atoms with Crippen LogP contribution in [0.25, 0.3) is 33.7 Å². The molecule has 0 aliphatic carbocycles. The van der Waals surface area contributed by atoms with Gasteiger partial charge in [-0.3, -0.25) is 0 Å². The summed E-state index contributed by atoms with van der Waals surface area (Å²) < 4.78 is 26.6. The quantitative estimate of drug-likeness (QED) is 0.198. The van der Waals surface area contributed by atoms with E-state index in [4.69, 9.17) is 9.15 Å². The van der Waals surface area contributed by atoms with Crippen LogP contribution in [0.1, 0.15) is 63.9 Å². The fraction of sp³-hybridized carbons (Fsp3) is 0.367. The summed E-state index contributed by atoms with van der Waals surface area (Å²) in [7, 11) is 0. The van der Waals surface area contributed by atoms with Crippen LogP contribution in [0.4, 0.5) is 4.39 Å². The van der Waals surface area contributed by atoms with Crippen LogP contribution < -0.4 is 4.74 Å². The highest BCUT2D eigenvalue weighted by molar-refractivity contribution is 5.77. The SMILES string of the molecule is CCCCCCCCCCOc1ccc(-c2ccc(-c3nc4cc(C)ccc4o3)cc2F)cc1. The zero-order chi connectivity index (χ0) is 23.8. The fourth-order valence-electron chi connectivity index (χ4n) is 4.20. The average Bonchev–Trinajstić information content (AvgIpc) is 3.27. The summed E-state index contributed by atoms with van der Waals surface area (Å²) in [6.07, 6.45) is 10.2. The van der Waals surface area contributed by atoms with Crippen LogP contribution in [0, 0.1) is 12.7 Å². The zero-order valence-corrected chi connectivity index (χ0v) is 20.3. The first kappa shape index (κ1) is 24.0. The molecule has 0 radical (unpaired) electrons. The van der Waals surface area contributed by atoms with E-state index in [1.807, 2.05) is 55.5 Å². The third kappa shape index (κ3) is 6.25. The van der Waals surface area contributed by atoms with Crippen LogP contribution in [0.5, 0.6) is 5.75 Å². The van der Waals surface area contributed by atoms with E-state index in [-0.39, 0.29) is 5.82 Å². The molecule has 0 spiro atoms. The second kappa shape index (κ2) is 11.8. The van der Waals surface area contributed by atoms with Gasteiger partial charge in [0.15, 0.2) is 5.58 Å². The monoisotopic (exact) mass is 459 g/mol. The van der Waals surface area contributed by atoms with Gasteiger partial charge in [-0.25, -0.2) is 9.37 Å². The second-order valence-corrected chi connectivity index (χ2v) is 9.03. The Labute approximate surface area is 202 Å². The number of unbranched alkanes of at least 4 members (excludes halogenated alkanes) is 7. The summed E-state index contributed by atoms with van der Waals surface area (Å²) in [6.45, 7) is 4.98. The number of fused-ring (bicyclic) bond motifs is 1. The molecule has 4 heteroatoms. The summed E-state index contributed by atoms with van der Waals surface area (Å²) in [6, 6.07) is 18.6. The molecule has 0 saturated carbocycles. The Balaban J connectivity index is 1.31. The third-order valence-corrected chi connectivity index (χ3v) is 6.19. The van der Waals surface area contributed by atoms with Crippen LogP contribution >= 0.6 is 0 Å². The van der Waals surface area contributed by atoms with E-state index in [2.05, 4.69) is 11.9 Å². The number of benzene rings is 3. The number of nitrogens with zero attached hydrogens (tertiary/aromatic N) is 1. The molecule has 0 unspecified atom stereocenters. The Morgan fingerprint density at radius 2 is 1.50 bits per heavy atom. The Hall–Kier alpha value is -3.14. The number of hydrogen-bond donors (Lipinski definition) is 0. The fourth-order valence-corrected chi connectivity index (χ4v) is 4.20. The van der Waals surface area contributed by atoms with Gasteiger partial charge in [0.05, 0.1) is 6.61 Å². The summed E-state index contributed by atoms with van der Waals surface area (Å²) in [4.78, 5) is 4.51. The number of hydrogen-bond acceptors (Lipinski definition) is 3. The van der Waals surface area contributed by atoms with E-state index < -0.39 is 0 Å². The highest BCUT2D eigenvalue weighted by atomic mass is 19.1. The van der Waals surface area contributed by atoms with Crippen molar-refractivity contribution >= 4 is 11.1 Å². The first-order valence-electron chi connectivity index (χ1n) is 12.5. The summed E-state index contributed by atoms with van der Waals surface area (Å²) in [5, 5.41) is 0. The van der Waals surface area contributed by atoms with Crippen LogP contribution in [0.2, 0.25) is 0 Å². The summed E-state index contributed by atoms with van der Waals surface area (Å²) in [5.74, 6) is 0.949. The topological polar surface area (TPSA) is 35.3 Å². The molecule has 4 rings (SSSR count). The standard InChI is InChI=1S/C30H34FNO2/c1-3-4-5-6-7-8-9-10-19-33-25-15-12-23(13-16-25)26-17-14-24(21-27(26)31)30-32-28-20-22(2)11-18-29(28)34-30/h11-18,20-21H,3-10,19H2,1-2H3. The lowest BCUT2D eigenvalue weighted by Gasteiger charge is -2.09. The number of aromatic nitrogens is 1. The second-order valence-electron chi connectivity index (χ2n) is 9.03. The van der Waals surface area contributed by atoms with E-state index in [1.54, 1.807) is 6.07 Å². The maximum absolute atomic E-state index is 15.0. The minimum absolute atomic E-state index is 0.302. The maximum atomic E-state index is 15.0. The molecule has 3 aromatic carbocycles. The van der Waals surface area contributed by atoms with Gasteiger partial charge < -0.3 is 9.15 Å². The molecule has 0 fully saturated rings. The average molecular weight is 460 g/mol. The molecule has 0 amide bonds. The highest BCUT2D eigenvalue weighted by Crippen LogP contribution is 2.30. The van der Waals surface area contributed by atoms with Crippen molar-refractivity contribution in [2.24, 2.45) is 0 Å². The molecule has 3 nitrogen and oxygen atoms in total. The Morgan fingerprint density at radius 3 is 2.24 bits per heavy atom. The molecule has 0 saturated heterocycles. The third-order valence-electron chi connectivity index (χ3n) is 6.19. The highest BCUT2D eigenvalue weighted by Gasteiger charge is 2.12. The van der Waals surface area contributed by atoms with Crippen molar-refractivity contribution in [3.63, 3.8) is 0 Å². The van der Waals surface area contributed by atoms with Crippen molar-refractivity contribution < 1.29 is 13.5 Å².